The van der Waals surface area contributed by atoms with Gasteiger partial charge in [-0.1, -0.05) is 5.16 Å². The maximum Gasteiger partial charge on any atom is 0.269 e. The van der Waals surface area contributed by atoms with Crippen LogP contribution in [0.1, 0.15) is 0 Å². The van der Waals surface area contributed by atoms with Crippen LogP contribution in [0.15, 0.2) is 53.1 Å². The molecule has 0 aliphatic heterocycles. The quantitative estimate of drug-likeness (QED) is 0.542. The third-order valence-electron chi connectivity index (χ3n) is 3.10. The average molecular weight is 297 g/mol. The predicted molar refractivity (Wildman–Crippen MR) is 78.4 cm³/mol. The molecule has 1 aromatic heterocycles. The lowest BCUT2D eigenvalue weighted by Gasteiger charge is -1.98. The monoisotopic (exact) mass is 297 g/mol. The maximum absolute atomic E-state index is 10.6. The Morgan fingerprint density at radius 2 is 1.68 bits per heavy atom. The van der Waals surface area contributed by atoms with Crippen molar-refractivity contribution in [2.24, 2.45) is 0 Å². The fourth-order valence-electron chi connectivity index (χ4n) is 1.92. The Bertz CT molecular complexity index is 794. The molecule has 0 bridgehead atoms. The van der Waals surface area contributed by atoms with Crippen LogP contribution in [0, 0.1) is 10.1 Å². The summed E-state index contributed by atoms with van der Waals surface area (Å²) in [5.74, 6) is 1.49. The molecule has 0 radical (unpaired) electrons. The van der Waals surface area contributed by atoms with Crippen molar-refractivity contribution < 1.29 is 14.2 Å². The van der Waals surface area contributed by atoms with Gasteiger partial charge in [-0.25, -0.2) is 0 Å². The Labute approximate surface area is 125 Å². The molecule has 0 N–H and O–H groups in total. The van der Waals surface area contributed by atoms with Gasteiger partial charge in [0.25, 0.3) is 11.6 Å². The number of methoxy groups -OCH3 is 1. The number of nitro benzene ring substituents is 1. The third-order valence-corrected chi connectivity index (χ3v) is 3.10. The van der Waals surface area contributed by atoms with Gasteiger partial charge in [-0.05, 0) is 36.4 Å². The fraction of sp³-hybridized carbons (Fsp3) is 0.0667. The average Bonchev–Trinajstić information content (AvgIpc) is 3.05. The smallest absolute Gasteiger partial charge is 0.269 e. The third kappa shape index (κ3) is 2.64. The van der Waals surface area contributed by atoms with Crippen molar-refractivity contribution >= 4 is 5.69 Å². The highest BCUT2D eigenvalue weighted by molar-refractivity contribution is 5.61. The lowest BCUT2D eigenvalue weighted by Crippen LogP contribution is -1.87. The molecule has 1 heterocycles. The van der Waals surface area contributed by atoms with Crippen LogP contribution in [0.5, 0.6) is 5.75 Å². The van der Waals surface area contributed by atoms with Gasteiger partial charge < -0.3 is 9.26 Å². The Kier molecular flexibility index (Phi) is 3.53. The van der Waals surface area contributed by atoms with E-state index in [1.165, 1.54) is 12.1 Å². The van der Waals surface area contributed by atoms with E-state index in [4.69, 9.17) is 9.26 Å². The van der Waals surface area contributed by atoms with Gasteiger partial charge in [-0.3, -0.25) is 10.1 Å². The van der Waals surface area contributed by atoms with Crippen molar-refractivity contribution in [3.05, 3.63) is 58.6 Å². The molecule has 22 heavy (non-hydrogen) atoms. The van der Waals surface area contributed by atoms with Gasteiger partial charge in [0.05, 0.1) is 12.0 Å². The highest BCUT2D eigenvalue weighted by atomic mass is 16.6. The van der Waals surface area contributed by atoms with Crippen LogP contribution in [0.3, 0.4) is 0 Å². The summed E-state index contributed by atoms with van der Waals surface area (Å²) in [7, 11) is 1.59. The number of aromatic nitrogens is 2. The predicted octanol–water partition coefficient (Wildman–Crippen LogP) is 3.32. The highest BCUT2D eigenvalue weighted by Crippen LogP contribution is 2.25. The molecule has 7 nitrogen and oxygen atoms in total. The zero-order chi connectivity index (χ0) is 15.5. The Morgan fingerprint density at radius 3 is 2.27 bits per heavy atom. The van der Waals surface area contributed by atoms with E-state index in [9.17, 15) is 10.1 Å². The second kappa shape index (κ2) is 5.65. The number of nitrogens with zero attached hydrogens (tertiary/aromatic N) is 3. The van der Waals surface area contributed by atoms with E-state index in [0.29, 0.717) is 17.3 Å². The molecule has 0 aliphatic rings. The molecule has 3 rings (SSSR count). The van der Waals surface area contributed by atoms with Crippen LogP contribution in [0.25, 0.3) is 22.8 Å². The number of ether oxygens (including phenoxy) is 1. The van der Waals surface area contributed by atoms with Crippen LogP contribution >= 0.6 is 0 Å². The number of nitro groups is 1. The molecule has 0 saturated carbocycles. The number of hydrogen-bond acceptors (Lipinski definition) is 6. The van der Waals surface area contributed by atoms with Gasteiger partial charge in [0.15, 0.2) is 0 Å². The van der Waals surface area contributed by atoms with E-state index in [-0.39, 0.29) is 5.69 Å². The Balaban J connectivity index is 1.87. The van der Waals surface area contributed by atoms with Crippen LogP contribution in [0.2, 0.25) is 0 Å². The van der Waals surface area contributed by atoms with E-state index in [1.807, 2.05) is 12.1 Å². The first-order valence-electron chi connectivity index (χ1n) is 6.40. The molecule has 7 heteroatoms. The number of hydrogen-bond donors (Lipinski definition) is 0. The van der Waals surface area contributed by atoms with Gasteiger partial charge in [0.2, 0.25) is 5.82 Å². The zero-order valence-corrected chi connectivity index (χ0v) is 11.6. The van der Waals surface area contributed by atoms with E-state index in [0.717, 1.165) is 11.3 Å². The maximum atomic E-state index is 10.6. The SMILES string of the molecule is COc1ccc(-c2noc(-c3ccc([N+](=O)[O-])cc3)n2)cc1. The van der Waals surface area contributed by atoms with Crippen molar-refractivity contribution in [1.82, 2.24) is 10.1 Å². The molecule has 0 aliphatic carbocycles. The summed E-state index contributed by atoms with van der Waals surface area (Å²) in [5.41, 5.74) is 1.43. The van der Waals surface area contributed by atoms with Gasteiger partial charge in [0.1, 0.15) is 5.75 Å². The van der Waals surface area contributed by atoms with Gasteiger partial charge >= 0.3 is 0 Å². The summed E-state index contributed by atoms with van der Waals surface area (Å²) in [6.07, 6.45) is 0. The van der Waals surface area contributed by atoms with Crippen molar-refractivity contribution in [3.63, 3.8) is 0 Å². The van der Waals surface area contributed by atoms with E-state index < -0.39 is 4.92 Å². The Morgan fingerprint density at radius 1 is 1.05 bits per heavy atom. The topological polar surface area (TPSA) is 91.3 Å². The van der Waals surface area contributed by atoms with Crippen molar-refractivity contribution in [3.8, 4) is 28.6 Å². The van der Waals surface area contributed by atoms with E-state index in [1.54, 1.807) is 31.4 Å². The second-order valence-corrected chi connectivity index (χ2v) is 4.46. The van der Waals surface area contributed by atoms with E-state index in [2.05, 4.69) is 10.1 Å². The van der Waals surface area contributed by atoms with Crippen molar-refractivity contribution in [1.29, 1.82) is 0 Å². The minimum Gasteiger partial charge on any atom is -0.497 e. The first-order valence-corrected chi connectivity index (χ1v) is 6.40. The Hall–Kier alpha value is -3.22. The molecule has 0 fully saturated rings. The van der Waals surface area contributed by atoms with Crippen molar-refractivity contribution in [2.45, 2.75) is 0 Å². The summed E-state index contributed by atoms with van der Waals surface area (Å²) < 4.78 is 10.3. The zero-order valence-electron chi connectivity index (χ0n) is 11.6. The summed E-state index contributed by atoms with van der Waals surface area (Å²) in [4.78, 5) is 14.5. The molecule has 110 valence electrons. The minimum atomic E-state index is -0.458. The molecule has 0 atom stereocenters. The molecule has 0 spiro atoms. The van der Waals surface area contributed by atoms with Crippen LogP contribution in [-0.4, -0.2) is 22.2 Å². The van der Waals surface area contributed by atoms with Gasteiger partial charge in [-0.15, -0.1) is 0 Å². The molecule has 0 saturated heterocycles. The molecule has 3 aromatic rings. The molecular weight excluding hydrogens is 286 g/mol. The van der Waals surface area contributed by atoms with E-state index >= 15 is 0 Å². The molecule has 0 unspecified atom stereocenters. The van der Waals surface area contributed by atoms with Crippen LogP contribution in [0.4, 0.5) is 5.69 Å². The standard InChI is InChI=1S/C15H11N3O4/c1-21-13-8-4-10(5-9-13)14-16-15(22-17-14)11-2-6-12(7-3-11)18(19)20/h2-9H,1H3. The number of rotatable bonds is 4. The highest BCUT2D eigenvalue weighted by Gasteiger charge is 2.12. The van der Waals surface area contributed by atoms with Crippen LogP contribution < -0.4 is 4.74 Å². The molecular formula is C15H11N3O4. The fourth-order valence-corrected chi connectivity index (χ4v) is 1.92. The normalized spacial score (nSPS) is 10.4. The van der Waals surface area contributed by atoms with Gasteiger partial charge in [-0.2, -0.15) is 4.98 Å². The van der Waals surface area contributed by atoms with Gasteiger partial charge in [0, 0.05) is 23.3 Å². The number of non-ortho nitro benzene ring substituents is 1. The summed E-state index contributed by atoms with van der Waals surface area (Å²) in [6, 6.07) is 13.2. The minimum absolute atomic E-state index is 0.0126. The summed E-state index contributed by atoms with van der Waals surface area (Å²) in [6.45, 7) is 0. The van der Waals surface area contributed by atoms with Crippen LogP contribution in [-0.2, 0) is 0 Å². The number of benzene rings is 2. The lowest BCUT2D eigenvalue weighted by molar-refractivity contribution is -0.384. The molecule has 0 amide bonds. The lowest BCUT2D eigenvalue weighted by atomic mass is 10.2. The summed E-state index contributed by atoms with van der Waals surface area (Å²) in [5, 5.41) is 14.5. The first kappa shape index (κ1) is 13.7. The van der Waals surface area contributed by atoms with Crippen molar-refractivity contribution in [2.75, 3.05) is 7.11 Å². The molecule has 2 aromatic carbocycles. The first-order chi connectivity index (χ1) is 10.7. The summed E-state index contributed by atoms with van der Waals surface area (Å²) >= 11 is 0. The second-order valence-electron chi connectivity index (χ2n) is 4.46. The largest absolute Gasteiger partial charge is 0.497 e.